The minimum Gasteiger partial charge on any atom is -0.496 e. The van der Waals surface area contributed by atoms with Crippen molar-refractivity contribution in [1.82, 2.24) is 9.80 Å². The van der Waals surface area contributed by atoms with Crippen molar-refractivity contribution in [2.45, 2.75) is 6.92 Å². The molecule has 13 nitrogen and oxygen atoms in total. The number of aliphatic carboxylic acids is 4. The van der Waals surface area contributed by atoms with Gasteiger partial charge in [-0.05, 0) is 18.6 Å². The zero-order chi connectivity index (χ0) is 24.8. The number of carboxylic acid groups (broad SMARTS) is 5. The molecule has 0 aliphatic carbocycles. The van der Waals surface area contributed by atoms with Crippen LogP contribution in [-0.2, 0) is 19.2 Å². The molecule has 0 heterocycles. The van der Waals surface area contributed by atoms with Crippen LogP contribution in [0.3, 0.4) is 0 Å². The van der Waals surface area contributed by atoms with E-state index >= 15 is 0 Å². The smallest absolute Gasteiger partial charge is 0.339 e. The third kappa shape index (κ3) is 12.1. The maximum Gasteiger partial charge on any atom is 0.339 e. The molecule has 0 aromatic heterocycles. The van der Waals surface area contributed by atoms with Gasteiger partial charge in [0.2, 0.25) is 0 Å². The Kier molecular flexibility index (Phi) is 12.7. The Balaban J connectivity index is 0.000000677. The highest BCUT2D eigenvalue weighted by atomic mass is 16.5. The molecule has 0 aliphatic heterocycles. The number of hydrogen-bond donors (Lipinski definition) is 5. The number of carbonyl (C=O) groups is 5. The molecule has 32 heavy (non-hydrogen) atoms. The Morgan fingerprint density at radius 2 is 1.12 bits per heavy atom. The van der Waals surface area contributed by atoms with E-state index in [2.05, 4.69) is 0 Å². The van der Waals surface area contributed by atoms with Crippen molar-refractivity contribution in [3.8, 4) is 5.75 Å². The lowest BCUT2D eigenvalue weighted by Gasteiger charge is -2.23. The summed E-state index contributed by atoms with van der Waals surface area (Å²) < 4.78 is 4.96. The largest absolute Gasteiger partial charge is 0.496 e. The van der Waals surface area contributed by atoms with Crippen LogP contribution in [0.15, 0.2) is 18.2 Å². The highest BCUT2D eigenvalue weighted by Gasteiger charge is 2.18. The zero-order valence-electron chi connectivity index (χ0n) is 17.6. The summed E-state index contributed by atoms with van der Waals surface area (Å²) in [5, 5.41) is 43.2. The Morgan fingerprint density at radius 3 is 1.38 bits per heavy atom. The van der Waals surface area contributed by atoms with Crippen molar-refractivity contribution < 1.29 is 54.2 Å². The first kappa shape index (κ1) is 28.3. The van der Waals surface area contributed by atoms with Crippen molar-refractivity contribution in [2.24, 2.45) is 0 Å². The number of aromatic carboxylic acids is 1. The molecule has 0 saturated carbocycles. The normalized spacial score (nSPS) is 10.2. The fraction of sp³-hybridized carbons (Fsp3) is 0.421. The molecule has 0 bridgehead atoms. The molecule has 178 valence electrons. The van der Waals surface area contributed by atoms with E-state index in [0.717, 1.165) is 15.4 Å². The summed E-state index contributed by atoms with van der Waals surface area (Å²) in [7, 11) is 1.47. The van der Waals surface area contributed by atoms with Crippen molar-refractivity contribution in [3.05, 3.63) is 29.3 Å². The van der Waals surface area contributed by atoms with Gasteiger partial charge in [0.1, 0.15) is 11.3 Å². The molecule has 1 rings (SSSR count). The molecule has 0 fully saturated rings. The number of ether oxygens (including phenoxy) is 1. The van der Waals surface area contributed by atoms with Gasteiger partial charge in [-0.2, -0.15) is 0 Å². The number of carboxylic acids is 5. The van der Waals surface area contributed by atoms with Gasteiger partial charge in [0.25, 0.3) is 0 Å². The van der Waals surface area contributed by atoms with Gasteiger partial charge in [0.05, 0.1) is 33.3 Å². The van der Waals surface area contributed by atoms with E-state index in [9.17, 15) is 24.0 Å². The average molecular weight is 458 g/mol. The van der Waals surface area contributed by atoms with Crippen LogP contribution in [-0.4, -0.2) is 112 Å². The molecule has 0 radical (unpaired) electrons. The summed E-state index contributed by atoms with van der Waals surface area (Å²) >= 11 is 0. The van der Waals surface area contributed by atoms with Crippen LogP contribution in [0.4, 0.5) is 0 Å². The van der Waals surface area contributed by atoms with Gasteiger partial charge in [-0.15, -0.1) is 0 Å². The first-order chi connectivity index (χ1) is 14.9. The molecule has 13 heteroatoms. The molecular formula is C19H26N2O11. The lowest BCUT2D eigenvalue weighted by atomic mass is 10.1. The summed E-state index contributed by atoms with van der Waals surface area (Å²) in [5.74, 6) is -5.44. The molecule has 1 aromatic rings. The van der Waals surface area contributed by atoms with Gasteiger partial charge in [-0.25, -0.2) is 4.79 Å². The van der Waals surface area contributed by atoms with Gasteiger partial charge < -0.3 is 30.3 Å². The Morgan fingerprint density at radius 1 is 0.750 bits per heavy atom. The first-order valence-electron chi connectivity index (χ1n) is 9.06. The van der Waals surface area contributed by atoms with Crippen molar-refractivity contribution in [3.63, 3.8) is 0 Å². The van der Waals surface area contributed by atoms with E-state index in [0.29, 0.717) is 5.75 Å². The van der Waals surface area contributed by atoms with Gasteiger partial charge in [0, 0.05) is 13.1 Å². The molecule has 5 N–H and O–H groups in total. The maximum atomic E-state index is 10.7. The number of rotatable bonds is 13. The number of benzene rings is 1. The fourth-order valence-corrected chi connectivity index (χ4v) is 2.57. The standard InChI is InChI=1S/C10H16N2O8.C9H10O3/c13-7(14)3-11(4-8(15)16)1-2-12(5-9(17)18)6-10(19)20;1-6-4-3-5-7(9(10)11)8(6)12-2/h1-6H2,(H,13,14)(H,15,16)(H,17,18)(H,19,20);3-5H,1-2H3,(H,10,11). The second-order valence-electron chi connectivity index (χ2n) is 6.46. The summed E-state index contributed by atoms with van der Waals surface area (Å²) in [6.07, 6.45) is 0. The third-order valence-electron chi connectivity index (χ3n) is 3.81. The average Bonchev–Trinajstić information content (AvgIpc) is 2.64. The molecule has 0 saturated heterocycles. The Labute approximate surface area is 183 Å². The molecule has 1 aromatic carbocycles. The number of methoxy groups -OCH3 is 1. The monoisotopic (exact) mass is 458 g/mol. The molecule has 0 atom stereocenters. The van der Waals surface area contributed by atoms with Crippen LogP contribution in [0, 0.1) is 6.92 Å². The molecule has 0 unspecified atom stereocenters. The number of para-hydroxylation sites is 1. The highest BCUT2D eigenvalue weighted by Crippen LogP contribution is 2.22. The van der Waals surface area contributed by atoms with Gasteiger partial charge in [-0.1, -0.05) is 12.1 Å². The number of nitrogens with zero attached hydrogens (tertiary/aromatic N) is 2. The van der Waals surface area contributed by atoms with Crippen LogP contribution >= 0.6 is 0 Å². The summed E-state index contributed by atoms with van der Waals surface area (Å²) in [5.41, 5.74) is 1.04. The predicted octanol–water partition coefficient (Wildman–Crippen LogP) is -0.369. The van der Waals surface area contributed by atoms with Gasteiger partial charge in [-0.3, -0.25) is 29.0 Å². The molecular weight excluding hydrogens is 432 g/mol. The third-order valence-corrected chi connectivity index (χ3v) is 3.81. The summed E-state index contributed by atoms with van der Waals surface area (Å²) in [4.78, 5) is 55.0. The van der Waals surface area contributed by atoms with E-state index in [1.807, 2.05) is 13.0 Å². The fourth-order valence-electron chi connectivity index (χ4n) is 2.57. The topological polar surface area (TPSA) is 202 Å². The minimum atomic E-state index is -1.23. The van der Waals surface area contributed by atoms with Crippen LogP contribution in [0.1, 0.15) is 15.9 Å². The van der Waals surface area contributed by atoms with Crippen LogP contribution < -0.4 is 4.74 Å². The van der Waals surface area contributed by atoms with Crippen LogP contribution in [0.25, 0.3) is 0 Å². The predicted molar refractivity (Wildman–Crippen MR) is 108 cm³/mol. The lowest BCUT2D eigenvalue weighted by Crippen LogP contribution is -2.43. The van der Waals surface area contributed by atoms with Gasteiger partial charge in [0.15, 0.2) is 0 Å². The van der Waals surface area contributed by atoms with Crippen LogP contribution in [0.2, 0.25) is 0 Å². The van der Waals surface area contributed by atoms with E-state index in [1.54, 1.807) is 6.07 Å². The Bertz CT molecular complexity index is 757. The van der Waals surface area contributed by atoms with Crippen molar-refractivity contribution >= 4 is 29.8 Å². The van der Waals surface area contributed by atoms with Crippen LogP contribution in [0.5, 0.6) is 5.75 Å². The SMILES string of the molecule is COc1c(C)cccc1C(=O)O.O=C(O)CN(CCN(CC(=O)O)CC(=O)O)CC(=O)O. The highest BCUT2D eigenvalue weighted by molar-refractivity contribution is 5.91. The quantitative estimate of drug-likeness (QED) is 0.256. The van der Waals surface area contributed by atoms with E-state index in [4.69, 9.17) is 30.3 Å². The van der Waals surface area contributed by atoms with E-state index < -0.39 is 56.0 Å². The number of hydrogen-bond acceptors (Lipinski definition) is 8. The Hall–Kier alpha value is -3.71. The minimum absolute atomic E-state index is 0.0703. The van der Waals surface area contributed by atoms with E-state index in [-0.39, 0.29) is 18.7 Å². The zero-order valence-corrected chi connectivity index (χ0v) is 17.6. The maximum absolute atomic E-state index is 10.7. The van der Waals surface area contributed by atoms with Gasteiger partial charge >= 0.3 is 29.8 Å². The molecule has 0 amide bonds. The molecule has 0 aliphatic rings. The second-order valence-corrected chi connectivity index (χ2v) is 6.46. The number of aryl methyl sites for hydroxylation is 1. The lowest BCUT2D eigenvalue weighted by molar-refractivity contribution is -0.145. The first-order valence-corrected chi connectivity index (χ1v) is 9.06. The summed E-state index contributed by atoms with van der Waals surface area (Å²) in [6.45, 7) is -0.440. The van der Waals surface area contributed by atoms with Crippen molar-refractivity contribution in [1.29, 1.82) is 0 Å². The summed E-state index contributed by atoms with van der Waals surface area (Å²) in [6, 6.07) is 5.03. The van der Waals surface area contributed by atoms with Crippen molar-refractivity contribution in [2.75, 3.05) is 46.4 Å². The molecule has 0 spiro atoms. The second kappa shape index (κ2) is 14.3. The van der Waals surface area contributed by atoms with E-state index in [1.165, 1.54) is 13.2 Å².